The molecule has 1 unspecified atom stereocenters. The van der Waals surface area contributed by atoms with Crippen molar-refractivity contribution in [3.8, 4) is 0 Å². The largest absolute Gasteiger partial charge is 0.396 e. The van der Waals surface area contributed by atoms with Gasteiger partial charge in [0.2, 0.25) is 0 Å². The summed E-state index contributed by atoms with van der Waals surface area (Å²) in [6.07, 6.45) is 6.19. The molecular formula is C22H37Cl2N3O3. The van der Waals surface area contributed by atoms with Crippen LogP contribution < -0.4 is 11.1 Å². The molecule has 1 aromatic carbocycles. The minimum absolute atomic E-state index is 0.346. The Bertz CT molecular complexity index is 578. The molecule has 4 N–H and O–H groups in total. The summed E-state index contributed by atoms with van der Waals surface area (Å²) >= 11 is 12.0. The third kappa shape index (κ3) is 10.1. The minimum atomic E-state index is -0.655. The highest BCUT2D eigenvalue weighted by molar-refractivity contribution is 6.38. The third-order valence-electron chi connectivity index (χ3n) is 5.33. The monoisotopic (exact) mass is 461 g/mol. The van der Waals surface area contributed by atoms with Crippen LogP contribution in [0.1, 0.15) is 50.2 Å². The van der Waals surface area contributed by atoms with Gasteiger partial charge in [0.25, 0.3) is 0 Å². The van der Waals surface area contributed by atoms with Gasteiger partial charge in [0.15, 0.2) is 0 Å². The Morgan fingerprint density at radius 3 is 2.37 bits per heavy atom. The van der Waals surface area contributed by atoms with Crippen molar-refractivity contribution in [1.82, 2.24) is 10.2 Å². The van der Waals surface area contributed by atoms with Crippen LogP contribution >= 0.6 is 23.2 Å². The van der Waals surface area contributed by atoms with Crippen LogP contribution in [0, 0.1) is 0 Å². The van der Waals surface area contributed by atoms with Gasteiger partial charge < -0.3 is 25.6 Å². The zero-order valence-corrected chi connectivity index (χ0v) is 19.4. The van der Waals surface area contributed by atoms with Crippen molar-refractivity contribution in [2.75, 3.05) is 64.9 Å². The molecule has 6 nitrogen and oxygen atoms in total. The predicted octanol–water partition coefficient (Wildman–Crippen LogP) is 3.89. The Morgan fingerprint density at radius 1 is 1.03 bits per heavy atom. The van der Waals surface area contributed by atoms with E-state index in [1.807, 2.05) is 0 Å². The first-order valence-electron chi connectivity index (χ1n) is 11.1. The summed E-state index contributed by atoms with van der Waals surface area (Å²) in [6, 6.07) is 3.33. The van der Waals surface area contributed by atoms with E-state index < -0.39 is 6.10 Å². The number of hydrogen-bond acceptors (Lipinski definition) is 6. The molecule has 0 spiro atoms. The van der Waals surface area contributed by atoms with Gasteiger partial charge in [-0.2, -0.15) is 0 Å². The van der Waals surface area contributed by atoms with Crippen LogP contribution in [0.3, 0.4) is 0 Å². The van der Waals surface area contributed by atoms with Gasteiger partial charge in [-0.15, -0.1) is 0 Å². The lowest BCUT2D eigenvalue weighted by Crippen LogP contribution is -2.36. The normalized spacial score (nSPS) is 16.1. The molecule has 0 radical (unpaired) electrons. The van der Waals surface area contributed by atoms with E-state index in [4.69, 9.17) is 38.4 Å². The lowest BCUT2D eigenvalue weighted by molar-refractivity contribution is 0.0356. The number of benzene rings is 1. The molecule has 1 saturated heterocycles. The molecule has 1 heterocycles. The number of nitrogens with zero attached hydrogens (tertiary/aromatic N) is 1. The van der Waals surface area contributed by atoms with Gasteiger partial charge in [-0.05, 0) is 56.5 Å². The van der Waals surface area contributed by atoms with E-state index in [2.05, 4.69) is 10.2 Å². The quantitative estimate of drug-likeness (QED) is 0.271. The number of nitrogens with one attached hydrogen (secondary N) is 1. The smallest absolute Gasteiger partial charge is 0.0915 e. The Morgan fingerprint density at radius 2 is 1.67 bits per heavy atom. The number of nitrogen functional groups attached to an aromatic ring is 1. The van der Waals surface area contributed by atoms with Crippen molar-refractivity contribution in [2.45, 2.75) is 44.6 Å². The Balaban J connectivity index is 1.37. The van der Waals surface area contributed by atoms with Gasteiger partial charge in [0.1, 0.15) is 0 Å². The zero-order chi connectivity index (χ0) is 21.6. The van der Waals surface area contributed by atoms with Gasteiger partial charge in [0.05, 0.1) is 35.1 Å². The van der Waals surface area contributed by atoms with Crippen LogP contribution in [0.4, 0.5) is 5.69 Å². The van der Waals surface area contributed by atoms with Crippen molar-refractivity contribution in [3.63, 3.8) is 0 Å². The van der Waals surface area contributed by atoms with Gasteiger partial charge in [-0.3, -0.25) is 4.90 Å². The van der Waals surface area contributed by atoms with Crippen molar-refractivity contribution in [2.24, 2.45) is 0 Å². The second kappa shape index (κ2) is 15.2. The van der Waals surface area contributed by atoms with Gasteiger partial charge in [-0.1, -0.05) is 36.0 Å². The number of aliphatic hydroxyl groups excluding tert-OH is 1. The lowest BCUT2D eigenvalue weighted by Gasteiger charge is -2.26. The van der Waals surface area contributed by atoms with Crippen LogP contribution in [0.25, 0.3) is 0 Å². The average molecular weight is 462 g/mol. The fraction of sp³-hybridized carbons (Fsp3) is 0.727. The van der Waals surface area contributed by atoms with Gasteiger partial charge in [0, 0.05) is 32.8 Å². The third-order valence-corrected chi connectivity index (χ3v) is 5.96. The van der Waals surface area contributed by atoms with Crippen LogP contribution in [0.2, 0.25) is 10.0 Å². The molecule has 0 saturated carbocycles. The second-order valence-corrected chi connectivity index (χ2v) is 8.62. The summed E-state index contributed by atoms with van der Waals surface area (Å²) in [6.45, 7) is 8.09. The number of halogens is 2. The van der Waals surface area contributed by atoms with E-state index in [-0.39, 0.29) is 0 Å². The minimum Gasteiger partial charge on any atom is -0.396 e. The average Bonchev–Trinajstić information content (AvgIpc) is 2.75. The lowest BCUT2D eigenvalue weighted by atomic mass is 10.1. The number of nitrogens with two attached hydrogens (primary N) is 1. The molecule has 0 amide bonds. The SMILES string of the molecule is Nc1c(Cl)cc(C(O)CNCCCCCCOCCCCN2CCOCC2)cc1Cl. The molecule has 172 valence electrons. The number of unbranched alkanes of at least 4 members (excludes halogenated alkanes) is 4. The van der Waals surface area contributed by atoms with Gasteiger partial charge >= 0.3 is 0 Å². The molecule has 8 heteroatoms. The maximum Gasteiger partial charge on any atom is 0.0915 e. The highest BCUT2D eigenvalue weighted by Gasteiger charge is 2.12. The van der Waals surface area contributed by atoms with Crippen LogP contribution in [-0.2, 0) is 9.47 Å². The molecule has 30 heavy (non-hydrogen) atoms. The second-order valence-electron chi connectivity index (χ2n) is 7.81. The first-order valence-corrected chi connectivity index (χ1v) is 11.8. The molecule has 1 aromatic rings. The summed E-state index contributed by atoms with van der Waals surface area (Å²) in [7, 11) is 0. The predicted molar refractivity (Wildman–Crippen MR) is 124 cm³/mol. The van der Waals surface area contributed by atoms with E-state index >= 15 is 0 Å². The Hall–Kier alpha value is -0.600. The molecule has 1 atom stereocenters. The molecule has 1 aliphatic rings. The first-order chi connectivity index (χ1) is 14.6. The van der Waals surface area contributed by atoms with E-state index in [1.54, 1.807) is 12.1 Å². The van der Waals surface area contributed by atoms with Crippen LogP contribution in [0.5, 0.6) is 0 Å². The van der Waals surface area contributed by atoms with Crippen molar-refractivity contribution in [1.29, 1.82) is 0 Å². The Labute approximate surface area is 191 Å². The number of anilines is 1. The number of rotatable bonds is 15. The van der Waals surface area contributed by atoms with E-state index in [9.17, 15) is 5.11 Å². The summed E-state index contributed by atoms with van der Waals surface area (Å²) < 4.78 is 11.1. The number of aliphatic hydroxyl groups is 1. The summed E-state index contributed by atoms with van der Waals surface area (Å²) in [4.78, 5) is 2.47. The highest BCUT2D eigenvalue weighted by atomic mass is 35.5. The first kappa shape index (κ1) is 25.7. The van der Waals surface area contributed by atoms with Crippen molar-refractivity contribution >= 4 is 28.9 Å². The van der Waals surface area contributed by atoms with Crippen LogP contribution in [-0.4, -0.2) is 69.2 Å². The molecule has 0 aromatic heterocycles. The highest BCUT2D eigenvalue weighted by Crippen LogP contribution is 2.31. The fourth-order valence-electron chi connectivity index (χ4n) is 3.43. The number of hydrogen-bond donors (Lipinski definition) is 3. The van der Waals surface area contributed by atoms with E-state index in [0.29, 0.717) is 27.8 Å². The fourth-order valence-corrected chi connectivity index (χ4v) is 3.93. The van der Waals surface area contributed by atoms with Gasteiger partial charge in [-0.25, -0.2) is 0 Å². The maximum absolute atomic E-state index is 10.3. The molecule has 1 fully saturated rings. The molecule has 0 aliphatic carbocycles. The number of ether oxygens (including phenoxy) is 2. The molecule has 2 rings (SSSR count). The molecule has 1 aliphatic heterocycles. The summed E-state index contributed by atoms with van der Waals surface area (Å²) in [5.41, 5.74) is 6.74. The van der Waals surface area contributed by atoms with Crippen molar-refractivity contribution in [3.05, 3.63) is 27.7 Å². The molecule has 0 bridgehead atoms. The standard InChI is InChI=1S/C22H37Cl2N3O3/c23-19-15-18(16-20(24)22(19)25)21(28)17-26-7-3-1-2-5-11-29-12-6-4-8-27-9-13-30-14-10-27/h15-16,21,26,28H,1-14,17,25H2. The summed E-state index contributed by atoms with van der Waals surface area (Å²) in [5, 5.41) is 14.3. The van der Waals surface area contributed by atoms with Crippen LogP contribution in [0.15, 0.2) is 12.1 Å². The summed E-state index contributed by atoms with van der Waals surface area (Å²) in [5.74, 6) is 0. The number of morpholine rings is 1. The maximum atomic E-state index is 10.3. The topological polar surface area (TPSA) is 80.0 Å². The zero-order valence-electron chi connectivity index (χ0n) is 17.9. The van der Waals surface area contributed by atoms with E-state index in [1.165, 1.54) is 12.8 Å². The molecular weight excluding hydrogens is 425 g/mol. The van der Waals surface area contributed by atoms with E-state index in [0.717, 1.165) is 78.3 Å². The van der Waals surface area contributed by atoms with Crippen molar-refractivity contribution < 1.29 is 14.6 Å². The Kier molecular flexibility index (Phi) is 13.0.